The van der Waals surface area contributed by atoms with E-state index in [1.807, 2.05) is 12.1 Å². The molecule has 1 aromatic heterocycles. The van der Waals surface area contributed by atoms with Crippen molar-refractivity contribution < 1.29 is 0 Å². The number of aryl methyl sites for hydroxylation is 2. The first-order valence-electron chi connectivity index (χ1n) is 5.69. The summed E-state index contributed by atoms with van der Waals surface area (Å²) in [6.07, 6.45) is 1.77. The van der Waals surface area contributed by atoms with Crippen molar-refractivity contribution in [2.75, 3.05) is 5.32 Å². The molecule has 0 fully saturated rings. The Kier molecular flexibility index (Phi) is 3.40. The molecule has 0 unspecified atom stereocenters. The van der Waals surface area contributed by atoms with E-state index in [-0.39, 0.29) is 0 Å². The van der Waals surface area contributed by atoms with Crippen molar-refractivity contribution in [1.29, 1.82) is 0 Å². The van der Waals surface area contributed by atoms with Gasteiger partial charge in [0, 0.05) is 24.0 Å². The molecule has 3 N–H and O–H groups in total. The zero-order chi connectivity index (χ0) is 12.3. The Morgan fingerprint density at radius 1 is 1.24 bits per heavy atom. The molecule has 0 amide bonds. The SMILES string of the molecule is Cc1ccc(Nc2ncccc2CN)c(C)c1. The van der Waals surface area contributed by atoms with E-state index in [4.69, 9.17) is 5.73 Å². The van der Waals surface area contributed by atoms with Crippen LogP contribution in [0.25, 0.3) is 0 Å². The molecule has 2 aromatic rings. The number of nitrogens with zero attached hydrogens (tertiary/aromatic N) is 1. The van der Waals surface area contributed by atoms with E-state index in [1.165, 1.54) is 11.1 Å². The van der Waals surface area contributed by atoms with Crippen molar-refractivity contribution in [3.63, 3.8) is 0 Å². The van der Waals surface area contributed by atoms with Crippen LogP contribution in [0.15, 0.2) is 36.5 Å². The van der Waals surface area contributed by atoms with Crippen LogP contribution < -0.4 is 11.1 Å². The van der Waals surface area contributed by atoms with Gasteiger partial charge in [-0.25, -0.2) is 4.98 Å². The van der Waals surface area contributed by atoms with Crippen LogP contribution in [0.4, 0.5) is 11.5 Å². The van der Waals surface area contributed by atoms with Crippen LogP contribution in [0.2, 0.25) is 0 Å². The average Bonchev–Trinajstić information content (AvgIpc) is 2.33. The lowest BCUT2D eigenvalue weighted by Gasteiger charge is -2.12. The predicted octanol–water partition coefficient (Wildman–Crippen LogP) is 2.90. The van der Waals surface area contributed by atoms with Gasteiger partial charge in [-0.05, 0) is 31.5 Å². The highest BCUT2D eigenvalue weighted by atomic mass is 15.0. The van der Waals surface area contributed by atoms with E-state index in [9.17, 15) is 0 Å². The maximum atomic E-state index is 5.69. The van der Waals surface area contributed by atoms with Crippen molar-refractivity contribution >= 4 is 11.5 Å². The summed E-state index contributed by atoms with van der Waals surface area (Å²) in [5, 5.41) is 3.33. The van der Waals surface area contributed by atoms with Crippen LogP contribution in [-0.4, -0.2) is 4.98 Å². The quantitative estimate of drug-likeness (QED) is 0.847. The maximum absolute atomic E-state index is 5.69. The Labute approximate surface area is 102 Å². The molecule has 0 saturated heterocycles. The second-order valence-corrected chi connectivity index (χ2v) is 4.16. The Hall–Kier alpha value is -1.87. The first kappa shape index (κ1) is 11.6. The van der Waals surface area contributed by atoms with Gasteiger partial charge in [-0.2, -0.15) is 0 Å². The van der Waals surface area contributed by atoms with Crippen LogP contribution in [0, 0.1) is 13.8 Å². The van der Waals surface area contributed by atoms with E-state index in [0.717, 1.165) is 17.1 Å². The summed E-state index contributed by atoms with van der Waals surface area (Å²) in [7, 11) is 0. The number of nitrogens with one attached hydrogen (secondary N) is 1. The van der Waals surface area contributed by atoms with Crippen LogP contribution in [0.5, 0.6) is 0 Å². The highest BCUT2D eigenvalue weighted by Crippen LogP contribution is 2.22. The zero-order valence-corrected chi connectivity index (χ0v) is 10.2. The topological polar surface area (TPSA) is 50.9 Å². The van der Waals surface area contributed by atoms with E-state index < -0.39 is 0 Å². The van der Waals surface area contributed by atoms with Crippen LogP contribution in [0.1, 0.15) is 16.7 Å². The van der Waals surface area contributed by atoms with E-state index in [1.54, 1.807) is 6.20 Å². The van der Waals surface area contributed by atoms with Gasteiger partial charge in [0.25, 0.3) is 0 Å². The van der Waals surface area contributed by atoms with Crippen LogP contribution >= 0.6 is 0 Å². The summed E-state index contributed by atoms with van der Waals surface area (Å²) in [6, 6.07) is 10.2. The Morgan fingerprint density at radius 2 is 2.06 bits per heavy atom. The molecule has 0 spiro atoms. The van der Waals surface area contributed by atoms with Crippen LogP contribution in [-0.2, 0) is 6.54 Å². The molecule has 1 heterocycles. The van der Waals surface area contributed by atoms with Crippen molar-refractivity contribution in [2.45, 2.75) is 20.4 Å². The van der Waals surface area contributed by atoms with Gasteiger partial charge in [0.1, 0.15) is 5.82 Å². The van der Waals surface area contributed by atoms with Gasteiger partial charge >= 0.3 is 0 Å². The normalized spacial score (nSPS) is 10.3. The largest absolute Gasteiger partial charge is 0.340 e. The number of anilines is 2. The molecule has 3 heteroatoms. The minimum absolute atomic E-state index is 0.487. The molecule has 2 rings (SSSR count). The summed E-state index contributed by atoms with van der Waals surface area (Å²) in [4.78, 5) is 4.32. The Balaban J connectivity index is 2.31. The molecular weight excluding hydrogens is 210 g/mol. The molecule has 3 nitrogen and oxygen atoms in total. The molecule has 88 valence electrons. The molecule has 0 aliphatic heterocycles. The molecular formula is C14H17N3. The zero-order valence-electron chi connectivity index (χ0n) is 10.2. The van der Waals surface area contributed by atoms with Crippen molar-refractivity contribution in [1.82, 2.24) is 4.98 Å². The third-order valence-corrected chi connectivity index (χ3v) is 2.75. The van der Waals surface area contributed by atoms with Gasteiger partial charge in [-0.15, -0.1) is 0 Å². The minimum Gasteiger partial charge on any atom is -0.340 e. The monoisotopic (exact) mass is 227 g/mol. The number of hydrogen-bond acceptors (Lipinski definition) is 3. The second kappa shape index (κ2) is 4.97. The smallest absolute Gasteiger partial charge is 0.134 e. The molecule has 0 bridgehead atoms. The fourth-order valence-corrected chi connectivity index (χ4v) is 1.80. The number of rotatable bonds is 3. The van der Waals surface area contributed by atoms with Gasteiger partial charge in [-0.1, -0.05) is 23.8 Å². The van der Waals surface area contributed by atoms with E-state index >= 15 is 0 Å². The molecule has 0 atom stereocenters. The molecule has 0 saturated carbocycles. The highest BCUT2D eigenvalue weighted by molar-refractivity contribution is 5.63. The van der Waals surface area contributed by atoms with Crippen molar-refractivity contribution in [3.8, 4) is 0 Å². The first-order valence-corrected chi connectivity index (χ1v) is 5.69. The summed E-state index contributed by atoms with van der Waals surface area (Å²) < 4.78 is 0. The fraction of sp³-hybridized carbons (Fsp3) is 0.214. The second-order valence-electron chi connectivity index (χ2n) is 4.16. The van der Waals surface area contributed by atoms with Gasteiger partial charge in [0.05, 0.1) is 0 Å². The number of benzene rings is 1. The number of pyridine rings is 1. The Bertz CT molecular complexity index is 521. The van der Waals surface area contributed by atoms with Crippen LogP contribution in [0.3, 0.4) is 0 Å². The molecule has 0 aliphatic rings. The first-order chi connectivity index (χ1) is 8.20. The highest BCUT2D eigenvalue weighted by Gasteiger charge is 2.03. The van der Waals surface area contributed by atoms with Gasteiger partial charge in [-0.3, -0.25) is 0 Å². The average molecular weight is 227 g/mol. The van der Waals surface area contributed by atoms with Gasteiger partial charge in [0.2, 0.25) is 0 Å². The lowest BCUT2D eigenvalue weighted by Crippen LogP contribution is -2.04. The van der Waals surface area contributed by atoms with E-state index in [0.29, 0.717) is 6.54 Å². The summed E-state index contributed by atoms with van der Waals surface area (Å²) in [6.45, 7) is 4.66. The number of aromatic nitrogens is 1. The molecule has 0 aliphatic carbocycles. The van der Waals surface area contributed by atoms with Crippen molar-refractivity contribution in [2.24, 2.45) is 5.73 Å². The standard InChI is InChI=1S/C14H17N3/c1-10-5-6-13(11(2)8-10)17-14-12(9-15)4-3-7-16-14/h3-8H,9,15H2,1-2H3,(H,16,17). The minimum atomic E-state index is 0.487. The third kappa shape index (κ3) is 2.63. The Morgan fingerprint density at radius 3 is 2.76 bits per heavy atom. The fourth-order valence-electron chi connectivity index (χ4n) is 1.80. The lowest BCUT2D eigenvalue weighted by molar-refractivity contribution is 1.05. The number of hydrogen-bond donors (Lipinski definition) is 2. The lowest BCUT2D eigenvalue weighted by atomic mass is 10.1. The molecule has 0 radical (unpaired) electrons. The van der Waals surface area contributed by atoms with Gasteiger partial charge in [0.15, 0.2) is 0 Å². The predicted molar refractivity (Wildman–Crippen MR) is 71.3 cm³/mol. The molecule has 17 heavy (non-hydrogen) atoms. The molecule has 1 aromatic carbocycles. The van der Waals surface area contributed by atoms with Crippen molar-refractivity contribution in [3.05, 3.63) is 53.2 Å². The van der Waals surface area contributed by atoms with Gasteiger partial charge < -0.3 is 11.1 Å². The number of nitrogens with two attached hydrogens (primary N) is 1. The maximum Gasteiger partial charge on any atom is 0.134 e. The summed E-state index contributed by atoms with van der Waals surface area (Å²) in [5.74, 6) is 0.835. The third-order valence-electron chi connectivity index (χ3n) is 2.75. The summed E-state index contributed by atoms with van der Waals surface area (Å²) >= 11 is 0. The summed E-state index contributed by atoms with van der Waals surface area (Å²) in [5.41, 5.74) is 10.2. The van der Waals surface area contributed by atoms with E-state index in [2.05, 4.69) is 42.3 Å².